The minimum atomic E-state index is -0.556. The van der Waals surface area contributed by atoms with E-state index in [0.717, 1.165) is 43.0 Å². The van der Waals surface area contributed by atoms with Crippen LogP contribution in [0.15, 0.2) is 46.5 Å². The molecular weight excluding hydrogens is 470 g/mol. The van der Waals surface area contributed by atoms with Gasteiger partial charge < -0.3 is 10.2 Å². The van der Waals surface area contributed by atoms with Crippen LogP contribution in [0.25, 0.3) is 0 Å². The van der Waals surface area contributed by atoms with Gasteiger partial charge in [-0.2, -0.15) is 0 Å². The predicted octanol–water partition coefficient (Wildman–Crippen LogP) is 3.88. The summed E-state index contributed by atoms with van der Waals surface area (Å²) >= 11 is 1.12. The molecule has 12 heteroatoms. The second-order valence-electron chi connectivity index (χ2n) is 8.56. The number of non-ortho nitro benzene ring substituents is 1. The highest BCUT2D eigenvalue weighted by atomic mass is 32.2. The number of benzene rings is 2. The first-order chi connectivity index (χ1) is 16.7. The molecule has 0 bridgehead atoms. The number of carbonyl (C=O) groups is 2. The summed E-state index contributed by atoms with van der Waals surface area (Å²) in [6.07, 6.45) is 4.33. The fourth-order valence-corrected chi connectivity index (χ4v) is 5.00. The minimum absolute atomic E-state index is 0.104. The van der Waals surface area contributed by atoms with Crippen molar-refractivity contribution in [2.45, 2.75) is 41.7 Å². The third-order valence-electron chi connectivity index (χ3n) is 5.94. The van der Waals surface area contributed by atoms with Gasteiger partial charge in [-0.1, -0.05) is 18.9 Å². The molecule has 1 aliphatic rings. The summed E-state index contributed by atoms with van der Waals surface area (Å²) in [5.41, 5.74) is 1.87. The van der Waals surface area contributed by atoms with Crippen LogP contribution in [-0.2, 0) is 7.05 Å². The summed E-state index contributed by atoms with van der Waals surface area (Å²) < 4.78 is 1.44. The van der Waals surface area contributed by atoms with Gasteiger partial charge in [-0.05, 0) is 64.7 Å². The lowest BCUT2D eigenvalue weighted by Crippen LogP contribution is -2.24. The van der Waals surface area contributed by atoms with Gasteiger partial charge in [0.25, 0.3) is 17.5 Å². The third kappa shape index (κ3) is 5.32. The fraction of sp³-hybridized carbons (Fsp3) is 0.348. The van der Waals surface area contributed by atoms with Crippen molar-refractivity contribution in [3.63, 3.8) is 0 Å². The largest absolute Gasteiger partial charge is 0.345 e. The molecule has 1 saturated carbocycles. The number of tetrazole rings is 1. The number of hydrogen-bond acceptors (Lipinski definition) is 8. The van der Waals surface area contributed by atoms with Gasteiger partial charge in [0.15, 0.2) is 0 Å². The zero-order valence-electron chi connectivity index (χ0n) is 19.6. The van der Waals surface area contributed by atoms with E-state index < -0.39 is 10.8 Å². The SMILES string of the molecule is CN(C)C(=O)c1cc(NC(=O)c2cc([N+](=O)[O-])ccc2Sc2nnnn2C)ccc1C1CCCC1. The minimum Gasteiger partial charge on any atom is -0.345 e. The Balaban J connectivity index is 1.67. The molecule has 0 radical (unpaired) electrons. The van der Waals surface area contributed by atoms with Gasteiger partial charge in [0.1, 0.15) is 0 Å². The first kappa shape index (κ1) is 24.3. The maximum Gasteiger partial charge on any atom is 0.270 e. The summed E-state index contributed by atoms with van der Waals surface area (Å²) in [5, 5.41) is 25.8. The second kappa shape index (κ2) is 10.2. The Morgan fingerprint density at radius 2 is 1.89 bits per heavy atom. The van der Waals surface area contributed by atoms with Gasteiger partial charge >= 0.3 is 0 Å². The van der Waals surface area contributed by atoms with E-state index in [-0.39, 0.29) is 17.2 Å². The lowest BCUT2D eigenvalue weighted by atomic mass is 9.92. The Morgan fingerprint density at radius 3 is 2.51 bits per heavy atom. The van der Waals surface area contributed by atoms with Crippen molar-refractivity contribution in [1.82, 2.24) is 25.1 Å². The summed E-state index contributed by atoms with van der Waals surface area (Å²) in [7, 11) is 5.04. The molecule has 0 unspecified atom stereocenters. The Morgan fingerprint density at radius 1 is 1.14 bits per heavy atom. The number of rotatable bonds is 7. The summed E-state index contributed by atoms with van der Waals surface area (Å²) in [4.78, 5) is 39.0. The molecule has 1 aromatic heterocycles. The molecule has 2 aromatic carbocycles. The number of hydrogen-bond donors (Lipinski definition) is 1. The van der Waals surface area contributed by atoms with Crippen LogP contribution in [-0.4, -0.2) is 55.9 Å². The average molecular weight is 496 g/mol. The van der Waals surface area contributed by atoms with E-state index in [1.54, 1.807) is 33.3 Å². The zero-order chi connectivity index (χ0) is 25.1. The van der Waals surface area contributed by atoms with Crippen LogP contribution < -0.4 is 5.32 Å². The molecule has 1 N–H and O–H groups in total. The number of aryl methyl sites for hydroxylation is 1. The van der Waals surface area contributed by atoms with Crippen LogP contribution in [0.3, 0.4) is 0 Å². The number of anilines is 1. The molecule has 0 saturated heterocycles. The predicted molar refractivity (Wildman–Crippen MR) is 130 cm³/mol. The van der Waals surface area contributed by atoms with Crippen molar-refractivity contribution >= 4 is 35.0 Å². The van der Waals surface area contributed by atoms with E-state index in [9.17, 15) is 19.7 Å². The molecular formula is C23H25N7O4S. The van der Waals surface area contributed by atoms with Crippen molar-refractivity contribution in [1.29, 1.82) is 0 Å². The highest BCUT2D eigenvalue weighted by Gasteiger charge is 2.25. The number of nitro benzene ring substituents is 1. The highest BCUT2D eigenvalue weighted by molar-refractivity contribution is 7.99. The average Bonchev–Trinajstić information content (AvgIpc) is 3.51. The smallest absolute Gasteiger partial charge is 0.270 e. The number of aromatic nitrogens is 4. The maximum atomic E-state index is 13.3. The maximum absolute atomic E-state index is 13.3. The standard InChI is InChI=1S/C23H25N7O4S/c1-28(2)22(32)18-12-15(8-10-17(18)14-6-4-5-7-14)24-21(31)19-13-16(30(33)34)9-11-20(19)35-23-25-26-27-29(23)3/h8-14H,4-7H2,1-3H3,(H,24,31). The molecule has 1 aliphatic carbocycles. The lowest BCUT2D eigenvalue weighted by molar-refractivity contribution is -0.384. The number of carbonyl (C=O) groups excluding carboxylic acids is 2. The van der Waals surface area contributed by atoms with Crippen LogP contribution in [0.4, 0.5) is 11.4 Å². The van der Waals surface area contributed by atoms with E-state index in [1.807, 2.05) is 6.07 Å². The molecule has 4 rings (SSSR count). The van der Waals surface area contributed by atoms with Gasteiger partial charge in [0, 0.05) is 49.4 Å². The van der Waals surface area contributed by atoms with Gasteiger partial charge in [-0.15, -0.1) is 5.10 Å². The first-order valence-electron chi connectivity index (χ1n) is 11.1. The fourth-order valence-electron chi connectivity index (χ4n) is 4.16. The quantitative estimate of drug-likeness (QED) is 0.385. The Hall–Kier alpha value is -3.80. The molecule has 182 valence electrons. The second-order valence-corrected chi connectivity index (χ2v) is 9.57. The molecule has 0 aliphatic heterocycles. The van der Waals surface area contributed by atoms with E-state index in [4.69, 9.17) is 0 Å². The summed E-state index contributed by atoms with van der Waals surface area (Å²) in [6.45, 7) is 0. The molecule has 1 fully saturated rings. The molecule has 1 heterocycles. The number of nitrogens with zero attached hydrogens (tertiary/aromatic N) is 6. The van der Waals surface area contributed by atoms with Crippen LogP contribution in [0.1, 0.15) is 57.9 Å². The summed E-state index contributed by atoms with van der Waals surface area (Å²) in [5.74, 6) is -0.356. The Bertz CT molecular complexity index is 1280. The van der Waals surface area contributed by atoms with E-state index in [1.165, 1.54) is 27.8 Å². The number of amides is 2. The van der Waals surface area contributed by atoms with Crippen molar-refractivity contribution < 1.29 is 14.5 Å². The Labute approximate surface area is 206 Å². The van der Waals surface area contributed by atoms with Crippen molar-refractivity contribution in [2.24, 2.45) is 7.05 Å². The van der Waals surface area contributed by atoms with Crippen LogP contribution in [0.2, 0.25) is 0 Å². The van der Waals surface area contributed by atoms with Gasteiger partial charge in [0.05, 0.1) is 10.5 Å². The molecule has 2 amide bonds. The van der Waals surface area contributed by atoms with Crippen LogP contribution in [0, 0.1) is 10.1 Å². The van der Waals surface area contributed by atoms with Gasteiger partial charge in [-0.25, -0.2) is 4.68 Å². The Kier molecular flexibility index (Phi) is 7.10. The van der Waals surface area contributed by atoms with Crippen molar-refractivity contribution in [3.05, 3.63) is 63.2 Å². The third-order valence-corrected chi connectivity index (χ3v) is 7.05. The molecule has 0 spiro atoms. The molecule has 0 atom stereocenters. The van der Waals surface area contributed by atoms with Crippen LogP contribution >= 0.6 is 11.8 Å². The number of nitro groups is 1. The zero-order valence-corrected chi connectivity index (χ0v) is 20.4. The van der Waals surface area contributed by atoms with Gasteiger partial charge in [-0.3, -0.25) is 19.7 Å². The van der Waals surface area contributed by atoms with E-state index in [2.05, 4.69) is 20.8 Å². The molecule has 3 aromatic rings. The molecule has 11 nitrogen and oxygen atoms in total. The van der Waals surface area contributed by atoms with Gasteiger partial charge in [0.2, 0.25) is 5.16 Å². The van der Waals surface area contributed by atoms with E-state index in [0.29, 0.717) is 27.2 Å². The normalized spacial score (nSPS) is 13.6. The highest BCUT2D eigenvalue weighted by Crippen LogP contribution is 2.37. The first-order valence-corrected chi connectivity index (χ1v) is 11.9. The topological polar surface area (TPSA) is 136 Å². The lowest BCUT2D eigenvalue weighted by Gasteiger charge is -2.19. The molecule has 35 heavy (non-hydrogen) atoms. The van der Waals surface area contributed by atoms with Crippen LogP contribution in [0.5, 0.6) is 0 Å². The summed E-state index contributed by atoms with van der Waals surface area (Å²) in [6, 6.07) is 9.40. The van der Waals surface area contributed by atoms with Crippen molar-refractivity contribution in [2.75, 3.05) is 19.4 Å². The number of nitrogens with one attached hydrogen (secondary N) is 1. The monoisotopic (exact) mass is 495 g/mol. The van der Waals surface area contributed by atoms with E-state index >= 15 is 0 Å². The van der Waals surface area contributed by atoms with Crippen molar-refractivity contribution in [3.8, 4) is 0 Å².